The number of nitrogens with zero attached hydrogens (tertiary/aromatic N) is 2. The number of benzene rings is 1. The predicted octanol–water partition coefficient (Wildman–Crippen LogP) is 3.08. The van der Waals surface area contributed by atoms with Crippen LogP contribution in [0.2, 0.25) is 0 Å². The van der Waals surface area contributed by atoms with Crippen molar-refractivity contribution in [2.24, 2.45) is 0 Å². The SMILES string of the molecule is Cc1cc(C)c(-n2cc[n+](CCBr)c2)c(C)c1. The molecule has 0 amide bonds. The average molecular weight is 294 g/mol. The van der Waals surface area contributed by atoms with E-state index in [1.54, 1.807) is 0 Å². The monoisotopic (exact) mass is 293 g/mol. The van der Waals surface area contributed by atoms with Gasteiger partial charge in [-0.3, -0.25) is 0 Å². The molecule has 0 saturated carbocycles. The molecule has 0 unspecified atom stereocenters. The van der Waals surface area contributed by atoms with Crippen molar-refractivity contribution in [1.29, 1.82) is 0 Å². The maximum atomic E-state index is 3.46. The summed E-state index contributed by atoms with van der Waals surface area (Å²) in [5.74, 6) is 0. The number of imidazole rings is 1. The lowest BCUT2D eigenvalue weighted by Crippen LogP contribution is -2.31. The highest BCUT2D eigenvalue weighted by atomic mass is 79.9. The van der Waals surface area contributed by atoms with E-state index in [9.17, 15) is 0 Å². The summed E-state index contributed by atoms with van der Waals surface area (Å²) in [6.45, 7) is 7.48. The molecule has 17 heavy (non-hydrogen) atoms. The summed E-state index contributed by atoms with van der Waals surface area (Å²) < 4.78 is 4.39. The van der Waals surface area contributed by atoms with E-state index < -0.39 is 0 Å². The number of hydrogen-bond acceptors (Lipinski definition) is 0. The molecule has 1 aromatic heterocycles. The van der Waals surface area contributed by atoms with Gasteiger partial charge in [-0.1, -0.05) is 33.6 Å². The summed E-state index contributed by atoms with van der Waals surface area (Å²) in [5.41, 5.74) is 5.27. The highest BCUT2D eigenvalue weighted by molar-refractivity contribution is 9.09. The van der Waals surface area contributed by atoms with Crippen molar-refractivity contribution < 1.29 is 4.57 Å². The second kappa shape index (κ2) is 5.05. The molecule has 2 aromatic rings. The molecule has 90 valence electrons. The zero-order valence-corrected chi connectivity index (χ0v) is 12.2. The van der Waals surface area contributed by atoms with Gasteiger partial charge in [0.05, 0.1) is 6.54 Å². The Morgan fingerprint density at radius 2 is 1.82 bits per heavy atom. The molecule has 0 fully saturated rings. The van der Waals surface area contributed by atoms with Gasteiger partial charge in [-0.15, -0.1) is 0 Å². The van der Waals surface area contributed by atoms with E-state index in [1.165, 1.54) is 22.4 Å². The maximum absolute atomic E-state index is 3.46. The van der Waals surface area contributed by atoms with Crippen molar-refractivity contribution in [1.82, 2.24) is 4.57 Å². The third-order valence-corrected chi connectivity index (χ3v) is 3.28. The largest absolute Gasteiger partial charge is 0.249 e. The minimum Gasteiger partial charge on any atom is -0.236 e. The Hall–Kier alpha value is -1.09. The molecule has 0 aliphatic carbocycles. The molecule has 3 heteroatoms. The van der Waals surface area contributed by atoms with Crippen molar-refractivity contribution in [3.05, 3.63) is 47.5 Å². The third kappa shape index (κ3) is 2.60. The van der Waals surface area contributed by atoms with Crippen molar-refractivity contribution in [3.8, 4) is 5.69 Å². The second-order valence-corrected chi connectivity index (χ2v) is 5.29. The van der Waals surface area contributed by atoms with Crippen LogP contribution in [0.4, 0.5) is 0 Å². The fourth-order valence-electron chi connectivity index (χ4n) is 2.34. The van der Waals surface area contributed by atoms with Crippen LogP contribution in [-0.4, -0.2) is 9.90 Å². The van der Waals surface area contributed by atoms with Gasteiger partial charge in [-0.2, -0.15) is 0 Å². The molecule has 0 N–H and O–H groups in total. The van der Waals surface area contributed by atoms with Crippen LogP contribution in [0.15, 0.2) is 30.9 Å². The van der Waals surface area contributed by atoms with Crippen molar-refractivity contribution in [2.75, 3.05) is 5.33 Å². The number of rotatable bonds is 3. The number of hydrogen-bond donors (Lipinski definition) is 0. The Labute approximate surface area is 111 Å². The molecule has 1 aromatic carbocycles. The first-order chi connectivity index (χ1) is 8.11. The van der Waals surface area contributed by atoms with Crippen molar-refractivity contribution >= 4 is 15.9 Å². The quantitative estimate of drug-likeness (QED) is 0.607. The van der Waals surface area contributed by atoms with Crippen LogP contribution in [0, 0.1) is 20.8 Å². The lowest BCUT2D eigenvalue weighted by Gasteiger charge is -2.06. The Morgan fingerprint density at radius 1 is 1.18 bits per heavy atom. The fraction of sp³-hybridized carbons (Fsp3) is 0.357. The maximum Gasteiger partial charge on any atom is 0.249 e. The lowest BCUT2D eigenvalue weighted by molar-refractivity contribution is -0.691. The Kier molecular flexibility index (Phi) is 3.67. The Morgan fingerprint density at radius 3 is 2.41 bits per heavy atom. The van der Waals surface area contributed by atoms with E-state index in [4.69, 9.17) is 0 Å². The smallest absolute Gasteiger partial charge is 0.236 e. The molecule has 0 aliphatic heterocycles. The number of aryl methyl sites for hydroxylation is 4. The molecule has 0 saturated heterocycles. The van der Waals surface area contributed by atoms with E-state index in [0.29, 0.717) is 0 Å². The first-order valence-electron chi connectivity index (χ1n) is 5.83. The summed E-state index contributed by atoms with van der Waals surface area (Å²) in [7, 11) is 0. The van der Waals surface area contributed by atoms with Crippen LogP contribution in [-0.2, 0) is 6.54 Å². The van der Waals surface area contributed by atoms with E-state index in [-0.39, 0.29) is 0 Å². The average Bonchev–Trinajstić information content (AvgIpc) is 2.65. The molecule has 2 rings (SSSR count). The first kappa shape index (κ1) is 12.4. The van der Waals surface area contributed by atoms with E-state index >= 15 is 0 Å². The molecule has 2 nitrogen and oxygen atoms in total. The van der Waals surface area contributed by atoms with Gasteiger partial charge in [0.1, 0.15) is 18.1 Å². The molecule has 0 atom stereocenters. The third-order valence-electron chi connectivity index (χ3n) is 2.93. The van der Waals surface area contributed by atoms with Gasteiger partial charge in [-0.05, 0) is 31.9 Å². The van der Waals surface area contributed by atoms with Crippen LogP contribution in [0.25, 0.3) is 5.69 Å². The Balaban J connectivity index is 2.45. The van der Waals surface area contributed by atoms with Gasteiger partial charge in [0.2, 0.25) is 6.33 Å². The van der Waals surface area contributed by atoms with Crippen LogP contribution in [0.5, 0.6) is 0 Å². The summed E-state index contributed by atoms with van der Waals surface area (Å²) in [6, 6.07) is 4.47. The van der Waals surface area contributed by atoms with E-state index in [2.05, 4.69) is 76.7 Å². The summed E-state index contributed by atoms with van der Waals surface area (Å²) in [5, 5.41) is 0.980. The topological polar surface area (TPSA) is 8.81 Å². The van der Waals surface area contributed by atoms with Gasteiger partial charge in [0.25, 0.3) is 0 Å². The van der Waals surface area contributed by atoms with Gasteiger partial charge in [0, 0.05) is 5.33 Å². The van der Waals surface area contributed by atoms with Crippen LogP contribution >= 0.6 is 15.9 Å². The van der Waals surface area contributed by atoms with Crippen LogP contribution < -0.4 is 4.57 Å². The number of aromatic nitrogens is 2. The Bertz CT molecular complexity index is 506. The highest BCUT2D eigenvalue weighted by Crippen LogP contribution is 2.20. The second-order valence-electron chi connectivity index (χ2n) is 4.50. The summed E-state index contributed by atoms with van der Waals surface area (Å²) in [4.78, 5) is 0. The zero-order valence-electron chi connectivity index (χ0n) is 10.6. The van der Waals surface area contributed by atoms with E-state index in [1.807, 2.05) is 0 Å². The zero-order chi connectivity index (χ0) is 12.4. The van der Waals surface area contributed by atoms with Gasteiger partial charge < -0.3 is 0 Å². The molecule has 0 aliphatic rings. The normalized spacial score (nSPS) is 10.8. The minimum absolute atomic E-state index is 0.980. The first-order valence-corrected chi connectivity index (χ1v) is 6.95. The predicted molar refractivity (Wildman–Crippen MR) is 74.0 cm³/mol. The van der Waals surface area contributed by atoms with Gasteiger partial charge in [0.15, 0.2) is 0 Å². The van der Waals surface area contributed by atoms with Crippen molar-refractivity contribution in [2.45, 2.75) is 27.3 Å². The van der Waals surface area contributed by atoms with Gasteiger partial charge in [-0.25, -0.2) is 9.13 Å². The minimum atomic E-state index is 0.980. The molecule has 1 heterocycles. The molecular weight excluding hydrogens is 276 g/mol. The van der Waals surface area contributed by atoms with E-state index in [0.717, 1.165) is 11.9 Å². The molecule has 0 spiro atoms. The van der Waals surface area contributed by atoms with Crippen LogP contribution in [0.1, 0.15) is 16.7 Å². The number of halogens is 1. The van der Waals surface area contributed by atoms with Crippen LogP contribution in [0.3, 0.4) is 0 Å². The number of alkyl halides is 1. The molecule has 0 radical (unpaired) electrons. The van der Waals surface area contributed by atoms with Gasteiger partial charge >= 0.3 is 0 Å². The lowest BCUT2D eigenvalue weighted by atomic mass is 10.1. The summed E-state index contributed by atoms with van der Waals surface area (Å²) in [6.07, 6.45) is 6.37. The molecule has 0 bridgehead atoms. The van der Waals surface area contributed by atoms with Crippen molar-refractivity contribution in [3.63, 3.8) is 0 Å². The molecular formula is C14H18BrN2+. The highest BCUT2D eigenvalue weighted by Gasteiger charge is 2.12. The fourth-order valence-corrected chi connectivity index (χ4v) is 2.75. The summed E-state index contributed by atoms with van der Waals surface area (Å²) >= 11 is 3.46. The standard InChI is InChI=1S/C14H18BrN2/c1-11-8-12(2)14(13(3)9-11)17-7-6-16(10-17)5-4-15/h6-10H,4-5H2,1-3H3/q+1.